The van der Waals surface area contributed by atoms with Gasteiger partial charge >= 0.3 is 0 Å². The monoisotopic (exact) mass is 319 g/mol. The fourth-order valence-corrected chi connectivity index (χ4v) is 3.23. The maximum absolute atomic E-state index is 5.31. The van der Waals surface area contributed by atoms with Gasteiger partial charge in [-0.05, 0) is 47.0 Å². The zero-order valence-corrected chi connectivity index (χ0v) is 14.7. The average Bonchev–Trinajstić information content (AvgIpc) is 2.61. The zero-order valence-electron chi connectivity index (χ0n) is 14.7. The first kappa shape index (κ1) is 16.5. The van der Waals surface area contributed by atoms with Gasteiger partial charge < -0.3 is 9.64 Å². The first-order valence-corrected chi connectivity index (χ1v) is 8.46. The molecule has 2 nitrogen and oxygen atoms in total. The van der Waals surface area contributed by atoms with Crippen molar-refractivity contribution in [2.24, 2.45) is 0 Å². The molecule has 0 saturated heterocycles. The lowest BCUT2D eigenvalue weighted by atomic mass is 9.97. The van der Waals surface area contributed by atoms with Crippen LogP contribution >= 0.6 is 0 Å². The molecule has 0 fully saturated rings. The van der Waals surface area contributed by atoms with Crippen LogP contribution in [0.25, 0.3) is 10.8 Å². The highest BCUT2D eigenvalue weighted by Gasteiger charge is 2.10. The van der Waals surface area contributed by atoms with E-state index in [0.29, 0.717) is 5.92 Å². The number of methoxy groups -OCH3 is 1. The molecule has 3 rings (SSSR count). The molecule has 2 heteroatoms. The molecule has 0 aromatic heterocycles. The van der Waals surface area contributed by atoms with E-state index in [-0.39, 0.29) is 0 Å². The van der Waals surface area contributed by atoms with Crippen LogP contribution in [0.4, 0.5) is 0 Å². The normalized spacial score (nSPS) is 12.5. The van der Waals surface area contributed by atoms with Crippen LogP contribution in [0.15, 0.2) is 66.7 Å². The van der Waals surface area contributed by atoms with Gasteiger partial charge in [0.15, 0.2) is 0 Å². The summed E-state index contributed by atoms with van der Waals surface area (Å²) in [5, 5.41) is 2.62. The average molecular weight is 319 g/mol. The van der Waals surface area contributed by atoms with E-state index in [1.807, 2.05) is 6.07 Å². The van der Waals surface area contributed by atoms with Crippen LogP contribution in [-0.2, 0) is 6.54 Å². The van der Waals surface area contributed by atoms with Gasteiger partial charge in [0.05, 0.1) is 7.11 Å². The van der Waals surface area contributed by atoms with Crippen LogP contribution in [-0.4, -0.2) is 25.6 Å². The fourth-order valence-electron chi connectivity index (χ4n) is 3.23. The topological polar surface area (TPSA) is 12.5 Å². The molecule has 3 aromatic rings. The molecule has 0 aliphatic rings. The highest BCUT2D eigenvalue weighted by molar-refractivity contribution is 5.83. The number of hydrogen-bond donors (Lipinski definition) is 0. The van der Waals surface area contributed by atoms with Gasteiger partial charge in [-0.2, -0.15) is 0 Å². The third-order valence-electron chi connectivity index (χ3n) is 4.51. The molecule has 0 aliphatic carbocycles. The van der Waals surface area contributed by atoms with Crippen molar-refractivity contribution in [2.75, 3.05) is 20.7 Å². The maximum Gasteiger partial charge on any atom is 0.119 e. The second kappa shape index (κ2) is 7.50. The summed E-state index contributed by atoms with van der Waals surface area (Å²) in [5.74, 6) is 1.41. The molecule has 0 amide bonds. The van der Waals surface area contributed by atoms with Gasteiger partial charge in [0, 0.05) is 13.1 Å². The summed E-state index contributed by atoms with van der Waals surface area (Å²) in [7, 11) is 3.89. The SMILES string of the molecule is COc1cccc(CN(C)CC(C)c2ccc3ccccc3c2)c1. The van der Waals surface area contributed by atoms with Crippen LogP contribution in [0.3, 0.4) is 0 Å². The summed E-state index contributed by atoms with van der Waals surface area (Å²) >= 11 is 0. The Bertz CT molecular complexity index is 812. The van der Waals surface area contributed by atoms with Crippen molar-refractivity contribution in [3.05, 3.63) is 77.9 Å². The smallest absolute Gasteiger partial charge is 0.119 e. The summed E-state index contributed by atoms with van der Waals surface area (Å²) in [5.41, 5.74) is 2.67. The van der Waals surface area contributed by atoms with Gasteiger partial charge in [-0.15, -0.1) is 0 Å². The second-order valence-electron chi connectivity index (χ2n) is 6.56. The van der Waals surface area contributed by atoms with Gasteiger partial charge in [-0.3, -0.25) is 0 Å². The predicted octanol–water partition coefficient (Wildman–Crippen LogP) is 5.08. The Kier molecular flexibility index (Phi) is 5.17. The summed E-state index contributed by atoms with van der Waals surface area (Å²) in [6, 6.07) is 23.6. The van der Waals surface area contributed by atoms with E-state index < -0.39 is 0 Å². The molecule has 1 atom stereocenters. The minimum atomic E-state index is 0.491. The number of ether oxygens (including phenoxy) is 1. The lowest BCUT2D eigenvalue weighted by Gasteiger charge is -2.22. The van der Waals surface area contributed by atoms with E-state index in [4.69, 9.17) is 4.74 Å². The standard InChI is InChI=1S/C22H25NO/c1-17(20-12-11-19-8-4-5-9-21(19)14-20)15-23(2)16-18-7-6-10-22(13-18)24-3/h4-14,17H,15-16H2,1-3H3. The molecular weight excluding hydrogens is 294 g/mol. The van der Waals surface area contributed by atoms with E-state index in [1.54, 1.807) is 7.11 Å². The highest BCUT2D eigenvalue weighted by atomic mass is 16.5. The minimum absolute atomic E-state index is 0.491. The van der Waals surface area contributed by atoms with Crippen LogP contribution in [0.2, 0.25) is 0 Å². The molecule has 0 saturated carbocycles. The van der Waals surface area contributed by atoms with Gasteiger partial charge in [0.2, 0.25) is 0 Å². The molecule has 0 N–H and O–H groups in total. The number of hydrogen-bond acceptors (Lipinski definition) is 2. The van der Waals surface area contributed by atoms with Crippen LogP contribution in [0.1, 0.15) is 24.0 Å². The number of fused-ring (bicyclic) bond motifs is 1. The van der Waals surface area contributed by atoms with Crippen molar-refractivity contribution in [3.8, 4) is 5.75 Å². The first-order valence-electron chi connectivity index (χ1n) is 8.46. The summed E-state index contributed by atoms with van der Waals surface area (Å²) in [4.78, 5) is 2.37. The Morgan fingerprint density at radius 2 is 1.71 bits per heavy atom. The fraction of sp³-hybridized carbons (Fsp3) is 0.273. The summed E-state index contributed by atoms with van der Waals surface area (Å²) < 4.78 is 5.31. The maximum atomic E-state index is 5.31. The molecule has 24 heavy (non-hydrogen) atoms. The molecule has 3 aromatic carbocycles. The second-order valence-corrected chi connectivity index (χ2v) is 6.56. The Morgan fingerprint density at radius 3 is 2.50 bits per heavy atom. The zero-order chi connectivity index (χ0) is 16.9. The minimum Gasteiger partial charge on any atom is -0.497 e. The lowest BCUT2D eigenvalue weighted by Crippen LogP contribution is -2.23. The van der Waals surface area contributed by atoms with Crippen molar-refractivity contribution in [3.63, 3.8) is 0 Å². The summed E-state index contributed by atoms with van der Waals surface area (Å²) in [6.07, 6.45) is 0. The Morgan fingerprint density at radius 1 is 0.917 bits per heavy atom. The molecule has 0 radical (unpaired) electrons. The molecule has 0 heterocycles. The molecule has 0 aliphatic heterocycles. The highest BCUT2D eigenvalue weighted by Crippen LogP contribution is 2.23. The number of benzene rings is 3. The van der Waals surface area contributed by atoms with Crippen molar-refractivity contribution in [1.29, 1.82) is 0 Å². The quantitative estimate of drug-likeness (QED) is 0.628. The van der Waals surface area contributed by atoms with Gasteiger partial charge in [-0.25, -0.2) is 0 Å². The molecule has 1 unspecified atom stereocenters. The predicted molar refractivity (Wildman–Crippen MR) is 102 cm³/mol. The van der Waals surface area contributed by atoms with Crippen LogP contribution < -0.4 is 4.74 Å². The third-order valence-corrected chi connectivity index (χ3v) is 4.51. The van der Waals surface area contributed by atoms with Crippen molar-refractivity contribution in [2.45, 2.75) is 19.4 Å². The molecule has 0 spiro atoms. The Balaban J connectivity index is 1.67. The van der Waals surface area contributed by atoms with Crippen molar-refractivity contribution < 1.29 is 4.74 Å². The van der Waals surface area contributed by atoms with E-state index in [9.17, 15) is 0 Å². The number of nitrogens with zero attached hydrogens (tertiary/aromatic N) is 1. The van der Waals surface area contributed by atoms with Gasteiger partial charge in [0.1, 0.15) is 5.75 Å². The van der Waals surface area contributed by atoms with Crippen LogP contribution in [0.5, 0.6) is 5.75 Å². The largest absolute Gasteiger partial charge is 0.497 e. The van der Waals surface area contributed by atoms with Crippen molar-refractivity contribution >= 4 is 10.8 Å². The number of likely N-dealkylation sites (N-methyl/N-ethyl adjacent to an activating group) is 1. The Hall–Kier alpha value is -2.32. The van der Waals surface area contributed by atoms with E-state index in [1.165, 1.54) is 21.9 Å². The van der Waals surface area contributed by atoms with Crippen LogP contribution in [0, 0.1) is 0 Å². The van der Waals surface area contributed by atoms with E-state index in [0.717, 1.165) is 18.8 Å². The van der Waals surface area contributed by atoms with Gasteiger partial charge in [-0.1, -0.05) is 61.5 Å². The summed E-state index contributed by atoms with van der Waals surface area (Å²) in [6.45, 7) is 4.25. The third kappa shape index (κ3) is 3.95. The van der Waals surface area contributed by atoms with Gasteiger partial charge in [0.25, 0.3) is 0 Å². The molecular formula is C22H25NO. The van der Waals surface area contributed by atoms with Crippen molar-refractivity contribution in [1.82, 2.24) is 4.90 Å². The molecule has 0 bridgehead atoms. The van der Waals surface area contributed by atoms with E-state index >= 15 is 0 Å². The Labute approximate surface area is 144 Å². The van der Waals surface area contributed by atoms with E-state index in [2.05, 4.69) is 79.5 Å². The number of rotatable bonds is 6. The lowest BCUT2D eigenvalue weighted by molar-refractivity contribution is 0.309. The molecule has 124 valence electrons. The first-order chi connectivity index (χ1) is 11.7.